The van der Waals surface area contributed by atoms with Crippen LogP contribution in [0.2, 0.25) is 10.0 Å². The fourth-order valence-corrected chi connectivity index (χ4v) is 3.09. The number of fused-ring (bicyclic) bond motifs is 1. The van der Waals surface area contributed by atoms with E-state index in [1.807, 2.05) is 0 Å². The smallest absolute Gasteiger partial charge is 0.222 e. The standard InChI is InChI=1S/C19H12Cl2F2N4/c1-11-8-16(14(22)9-13(11)21)27-18(25-15-5-3-2-4-12(15)20)10-17(23)26-7-6-24-19(26)27/h2-10H,1H3. The molecule has 0 spiro atoms. The molecule has 4 nitrogen and oxygen atoms in total. The minimum atomic E-state index is -0.587. The van der Waals surface area contributed by atoms with Gasteiger partial charge >= 0.3 is 0 Å². The molecule has 0 saturated carbocycles. The van der Waals surface area contributed by atoms with Crippen LogP contribution in [-0.2, 0) is 0 Å². The topological polar surface area (TPSA) is 34.6 Å². The fraction of sp³-hybridized carbons (Fsp3) is 0.0526. The molecule has 2 aromatic carbocycles. The Kier molecular flexibility index (Phi) is 4.45. The molecular formula is C19H12Cl2F2N4. The monoisotopic (exact) mass is 404 g/mol. The molecule has 0 aliphatic heterocycles. The molecule has 0 atom stereocenters. The van der Waals surface area contributed by atoms with Crippen LogP contribution in [0.1, 0.15) is 5.56 Å². The highest BCUT2D eigenvalue weighted by Crippen LogP contribution is 2.25. The lowest BCUT2D eigenvalue weighted by atomic mass is 10.2. The second-order valence-electron chi connectivity index (χ2n) is 5.87. The molecule has 0 amide bonds. The van der Waals surface area contributed by atoms with Gasteiger partial charge in [0.2, 0.25) is 11.7 Å². The van der Waals surface area contributed by atoms with Gasteiger partial charge in [-0.05, 0) is 36.8 Å². The summed E-state index contributed by atoms with van der Waals surface area (Å²) >= 11 is 12.2. The quantitative estimate of drug-likeness (QED) is 0.420. The first kappa shape index (κ1) is 17.7. The predicted octanol–water partition coefficient (Wildman–Crippen LogP) is 5.25. The molecule has 0 aliphatic carbocycles. The van der Waals surface area contributed by atoms with E-state index in [-0.39, 0.29) is 17.0 Å². The van der Waals surface area contributed by atoms with Crippen LogP contribution in [0.5, 0.6) is 0 Å². The number of nitrogens with zero attached hydrogens (tertiary/aromatic N) is 4. The zero-order valence-electron chi connectivity index (χ0n) is 14.0. The number of aryl methyl sites for hydroxylation is 1. The van der Waals surface area contributed by atoms with Crippen molar-refractivity contribution >= 4 is 34.7 Å². The summed E-state index contributed by atoms with van der Waals surface area (Å²) in [6.45, 7) is 1.75. The highest BCUT2D eigenvalue weighted by molar-refractivity contribution is 6.33. The number of hydrogen-bond acceptors (Lipinski definition) is 2. The molecule has 0 saturated heterocycles. The molecule has 0 aliphatic rings. The van der Waals surface area contributed by atoms with E-state index in [4.69, 9.17) is 23.2 Å². The molecular weight excluding hydrogens is 393 g/mol. The van der Waals surface area contributed by atoms with Crippen molar-refractivity contribution in [3.05, 3.63) is 87.7 Å². The van der Waals surface area contributed by atoms with E-state index in [1.54, 1.807) is 37.3 Å². The second kappa shape index (κ2) is 6.79. The lowest BCUT2D eigenvalue weighted by molar-refractivity contribution is 0.553. The molecule has 27 heavy (non-hydrogen) atoms. The van der Waals surface area contributed by atoms with Gasteiger partial charge in [-0.1, -0.05) is 35.3 Å². The van der Waals surface area contributed by atoms with Gasteiger partial charge in [0.05, 0.1) is 16.4 Å². The van der Waals surface area contributed by atoms with Crippen LogP contribution in [0.4, 0.5) is 14.5 Å². The lowest BCUT2D eigenvalue weighted by Gasteiger charge is -2.13. The summed E-state index contributed by atoms with van der Waals surface area (Å²) in [5.74, 6) is -1.00. The molecule has 0 N–H and O–H groups in total. The van der Waals surface area contributed by atoms with E-state index < -0.39 is 11.8 Å². The molecule has 136 valence electrons. The van der Waals surface area contributed by atoms with Gasteiger partial charge in [0.1, 0.15) is 11.3 Å². The maximum Gasteiger partial charge on any atom is 0.222 e. The van der Waals surface area contributed by atoms with Gasteiger partial charge in [0.25, 0.3) is 0 Å². The Morgan fingerprint density at radius 1 is 1.04 bits per heavy atom. The summed E-state index contributed by atoms with van der Waals surface area (Å²) in [6.07, 6.45) is 2.87. The summed E-state index contributed by atoms with van der Waals surface area (Å²) in [5.41, 5.74) is 1.38. The van der Waals surface area contributed by atoms with Crippen LogP contribution >= 0.6 is 23.2 Å². The Morgan fingerprint density at radius 3 is 2.59 bits per heavy atom. The first-order chi connectivity index (χ1) is 13.0. The number of hydrogen-bond donors (Lipinski definition) is 0. The van der Waals surface area contributed by atoms with E-state index in [0.717, 1.165) is 0 Å². The Hall–Kier alpha value is -2.70. The van der Waals surface area contributed by atoms with Crippen molar-refractivity contribution in [3.63, 3.8) is 0 Å². The number of aromatic nitrogens is 3. The van der Waals surface area contributed by atoms with Crippen molar-refractivity contribution in [2.24, 2.45) is 4.99 Å². The number of benzene rings is 2. The predicted molar refractivity (Wildman–Crippen MR) is 101 cm³/mol. The molecule has 0 unspecified atom stereocenters. The second-order valence-corrected chi connectivity index (χ2v) is 6.69. The molecule has 0 fully saturated rings. The molecule has 2 aromatic heterocycles. The van der Waals surface area contributed by atoms with Crippen LogP contribution in [0.15, 0.2) is 59.9 Å². The molecule has 0 radical (unpaired) electrons. The van der Waals surface area contributed by atoms with Crippen LogP contribution < -0.4 is 5.49 Å². The third-order valence-corrected chi connectivity index (χ3v) is 4.81. The number of halogens is 4. The van der Waals surface area contributed by atoms with Gasteiger partial charge < -0.3 is 0 Å². The maximum absolute atomic E-state index is 14.7. The summed E-state index contributed by atoms with van der Waals surface area (Å²) in [4.78, 5) is 8.61. The SMILES string of the molecule is Cc1cc(-n2c(=Nc3ccccc3Cl)cc(F)n3ccnc23)c(F)cc1Cl. The molecule has 8 heteroatoms. The van der Waals surface area contributed by atoms with Gasteiger partial charge in [-0.2, -0.15) is 4.39 Å². The Labute approximate surface area is 163 Å². The molecule has 0 bridgehead atoms. The van der Waals surface area contributed by atoms with Gasteiger partial charge in [-0.3, -0.25) is 8.97 Å². The highest BCUT2D eigenvalue weighted by atomic mass is 35.5. The lowest BCUT2D eigenvalue weighted by Crippen LogP contribution is -2.24. The Balaban J connectivity index is 2.14. The van der Waals surface area contributed by atoms with Crippen molar-refractivity contribution in [1.29, 1.82) is 0 Å². The molecule has 4 aromatic rings. The summed E-state index contributed by atoms with van der Waals surface area (Å²) in [5, 5.41) is 0.684. The van der Waals surface area contributed by atoms with E-state index in [9.17, 15) is 8.78 Å². The average molecular weight is 405 g/mol. The van der Waals surface area contributed by atoms with Crippen molar-refractivity contribution in [1.82, 2.24) is 14.0 Å². The van der Waals surface area contributed by atoms with Gasteiger partial charge in [-0.15, -0.1) is 0 Å². The largest absolute Gasteiger partial charge is 0.261 e. The van der Waals surface area contributed by atoms with Gasteiger partial charge in [-0.25, -0.2) is 14.4 Å². The van der Waals surface area contributed by atoms with Crippen molar-refractivity contribution < 1.29 is 8.78 Å². The average Bonchev–Trinajstić information content (AvgIpc) is 3.11. The third-order valence-electron chi connectivity index (χ3n) is 4.09. The minimum Gasteiger partial charge on any atom is -0.261 e. The van der Waals surface area contributed by atoms with E-state index in [2.05, 4.69) is 9.98 Å². The Bertz CT molecular complexity index is 1240. The number of para-hydroxylation sites is 1. The summed E-state index contributed by atoms with van der Waals surface area (Å²) < 4.78 is 31.9. The summed E-state index contributed by atoms with van der Waals surface area (Å²) in [7, 11) is 0. The Morgan fingerprint density at radius 2 is 1.81 bits per heavy atom. The minimum absolute atomic E-state index is 0.139. The van der Waals surface area contributed by atoms with Crippen LogP contribution in [0, 0.1) is 18.7 Å². The normalized spacial score (nSPS) is 12.1. The zero-order chi connectivity index (χ0) is 19.1. The maximum atomic E-state index is 14.7. The zero-order valence-corrected chi connectivity index (χ0v) is 15.5. The molecule has 2 heterocycles. The van der Waals surface area contributed by atoms with Crippen molar-refractivity contribution in [2.75, 3.05) is 0 Å². The van der Waals surface area contributed by atoms with Crippen LogP contribution in [0.25, 0.3) is 11.5 Å². The number of imidazole rings is 1. The van der Waals surface area contributed by atoms with Crippen LogP contribution in [0.3, 0.4) is 0 Å². The van der Waals surface area contributed by atoms with E-state index in [1.165, 1.54) is 33.5 Å². The first-order valence-corrected chi connectivity index (χ1v) is 8.71. The first-order valence-electron chi connectivity index (χ1n) is 7.95. The fourth-order valence-electron chi connectivity index (χ4n) is 2.76. The number of rotatable bonds is 2. The van der Waals surface area contributed by atoms with Gasteiger partial charge in [0, 0.05) is 23.5 Å². The third kappa shape index (κ3) is 3.11. The van der Waals surface area contributed by atoms with Crippen LogP contribution in [-0.4, -0.2) is 14.0 Å². The molecule has 4 rings (SSSR count). The van der Waals surface area contributed by atoms with Gasteiger partial charge in [0.15, 0.2) is 0 Å². The van der Waals surface area contributed by atoms with Crippen molar-refractivity contribution in [2.45, 2.75) is 6.92 Å². The van der Waals surface area contributed by atoms with E-state index in [0.29, 0.717) is 21.3 Å². The highest BCUT2D eigenvalue weighted by Gasteiger charge is 2.15. The van der Waals surface area contributed by atoms with E-state index >= 15 is 0 Å². The van der Waals surface area contributed by atoms with Crippen molar-refractivity contribution in [3.8, 4) is 5.69 Å². The summed E-state index contributed by atoms with van der Waals surface area (Å²) in [6, 6.07) is 10.8.